The Morgan fingerprint density at radius 1 is 1.56 bits per heavy atom. The highest BCUT2D eigenvalue weighted by Crippen LogP contribution is 2.09. The first-order valence-electron chi connectivity index (χ1n) is 5.84. The highest BCUT2D eigenvalue weighted by Gasteiger charge is 2.24. The lowest BCUT2D eigenvalue weighted by molar-refractivity contribution is -0.119. The van der Waals surface area contributed by atoms with Gasteiger partial charge >= 0.3 is 0 Å². The summed E-state index contributed by atoms with van der Waals surface area (Å²) in [7, 11) is -3.57. The van der Waals surface area contributed by atoms with E-state index < -0.39 is 10.0 Å². The third-order valence-electron chi connectivity index (χ3n) is 2.83. The van der Waals surface area contributed by atoms with Crippen molar-refractivity contribution in [2.45, 2.75) is 37.3 Å². The zero-order valence-corrected chi connectivity index (χ0v) is 10.9. The molecule has 1 unspecified atom stereocenters. The van der Waals surface area contributed by atoms with Gasteiger partial charge in [0.05, 0.1) is 6.20 Å². The molecule has 0 spiro atoms. The fourth-order valence-corrected chi connectivity index (χ4v) is 2.80. The smallest absolute Gasteiger partial charge is 0.257 e. The van der Waals surface area contributed by atoms with Gasteiger partial charge < -0.3 is 10.3 Å². The molecule has 1 saturated heterocycles. The minimum absolute atomic E-state index is 0.0333. The molecular weight excluding hydrogens is 256 g/mol. The molecular formula is C10H16N4O3S. The fraction of sp³-hybridized carbons (Fsp3) is 0.600. The topological polar surface area (TPSA) is 104 Å². The van der Waals surface area contributed by atoms with Crippen molar-refractivity contribution in [1.82, 2.24) is 20.0 Å². The first-order valence-corrected chi connectivity index (χ1v) is 7.32. The van der Waals surface area contributed by atoms with E-state index in [1.807, 2.05) is 6.92 Å². The lowest BCUT2D eigenvalue weighted by atomic mass is 10.2. The normalized spacial score (nSPS) is 20.1. The molecule has 1 amide bonds. The van der Waals surface area contributed by atoms with Crippen LogP contribution in [0.1, 0.15) is 25.6 Å². The molecule has 0 bridgehead atoms. The Hall–Kier alpha value is -1.41. The molecule has 1 aliphatic heterocycles. The van der Waals surface area contributed by atoms with E-state index in [1.165, 1.54) is 6.20 Å². The van der Waals surface area contributed by atoms with Crippen LogP contribution in [0.3, 0.4) is 0 Å². The average molecular weight is 272 g/mol. The molecule has 8 heteroatoms. The third kappa shape index (κ3) is 2.88. The van der Waals surface area contributed by atoms with Gasteiger partial charge in [-0.15, -0.1) is 0 Å². The number of imidazole rings is 1. The maximum Gasteiger partial charge on any atom is 0.257 e. The summed E-state index contributed by atoms with van der Waals surface area (Å²) in [6.07, 6.45) is 3.06. The number of H-pyrrole nitrogens is 1. The number of aromatic nitrogens is 2. The Kier molecular flexibility index (Phi) is 3.67. The maximum absolute atomic E-state index is 11.9. The number of aromatic amines is 1. The van der Waals surface area contributed by atoms with Crippen LogP contribution in [0.25, 0.3) is 0 Å². The molecule has 2 rings (SSSR count). The van der Waals surface area contributed by atoms with Crippen LogP contribution >= 0.6 is 0 Å². The van der Waals surface area contributed by atoms with E-state index >= 15 is 0 Å². The first-order chi connectivity index (χ1) is 8.51. The summed E-state index contributed by atoms with van der Waals surface area (Å²) in [4.78, 5) is 17.7. The number of aryl methyl sites for hydroxylation is 1. The van der Waals surface area contributed by atoms with Gasteiger partial charge in [0.1, 0.15) is 5.82 Å². The van der Waals surface area contributed by atoms with Crippen molar-refractivity contribution in [3.8, 4) is 0 Å². The highest BCUT2D eigenvalue weighted by molar-refractivity contribution is 7.89. The monoisotopic (exact) mass is 272 g/mol. The Bertz CT molecular complexity index is 537. The van der Waals surface area contributed by atoms with Crippen molar-refractivity contribution in [3.63, 3.8) is 0 Å². The number of amides is 1. The van der Waals surface area contributed by atoms with Gasteiger partial charge in [-0.2, -0.15) is 0 Å². The summed E-state index contributed by atoms with van der Waals surface area (Å²) in [6, 6.07) is -0.124. The lowest BCUT2D eigenvalue weighted by Gasteiger charge is -2.10. The lowest BCUT2D eigenvalue weighted by Crippen LogP contribution is -2.38. The van der Waals surface area contributed by atoms with Gasteiger partial charge in [0.15, 0.2) is 5.03 Å². The minimum atomic E-state index is -3.57. The number of carbonyl (C=O) groups excluding carboxylic acids is 1. The second-order valence-corrected chi connectivity index (χ2v) is 5.94. The summed E-state index contributed by atoms with van der Waals surface area (Å²) in [5.74, 6) is 0.596. The summed E-state index contributed by atoms with van der Waals surface area (Å²) in [6.45, 7) is 2.09. The zero-order valence-electron chi connectivity index (χ0n) is 10.1. The number of nitrogens with zero attached hydrogens (tertiary/aromatic N) is 1. The fourth-order valence-electron chi connectivity index (χ4n) is 1.78. The predicted octanol–water partition coefficient (Wildman–Crippen LogP) is -0.471. The number of nitrogens with one attached hydrogen (secondary N) is 3. The molecule has 0 aliphatic carbocycles. The van der Waals surface area contributed by atoms with Gasteiger partial charge in [0.2, 0.25) is 5.91 Å². The third-order valence-corrected chi connectivity index (χ3v) is 4.17. The molecule has 1 aliphatic rings. The van der Waals surface area contributed by atoms with Crippen LogP contribution < -0.4 is 10.0 Å². The van der Waals surface area contributed by atoms with Gasteiger partial charge in [0.25, 0.3) is 10.0 Å². The molecule has 18 heavy (non-hydrogen) atoms. The predicted molar refractivity (Wildman–Crippen MR) is 64.3 cm³/mol. The summed E-state index contributed by atoms with van der Waals surface area (Å²) < 4.78 is 26.3. The van der Waals surface area contributed by atoms with Crippen molar-refractivity contribution in [2.75, 3.05) is 6.54 Å². The van der Waals surface area contributed by atoms with E-state index in [0.717, 1.165) is 0 Å². The number of rotatable bonds is 5. The molecule has 0 saturated carbocycles. The molecule has 1 aromatic heterocycles. The Morgan fingerprint density at radius 2 is 2.33 bits per heavy atom. The quantitative estimate of drug-likeness (QED) is 0.674. The van der Waals surface area contributed by atoms with E-state index in [9.17, 15) is 13.2 Å². The molecule has 1 atom stereocenters. The summed E-state index contributed by atoms with van der Waals surface area (Å²) >= 11 is 0. The van der Waals surface area contributed by atoms with Crippen LogP contribution in [-0.4, -0.2) is 36.9 Å². The maximum atomic E-state index is 11.9. The summed E-state index contributed by atoms with van der Waals surface area (Å²) in [5, 5.41) is 2.76. The number of hydrogen-bond donors (Lipinski definition) is 3. The molecule has 100 valence electrons. The molecule has 1 aromatic rings. The van der Waals surface area contributed by atoms with Crippen LogP contribution in [-0.2, 0) is 21.2 Å². The van der Waals surface area contributed by atoms with Crippen LogP contribution in [0, 0.1) is 0 Å². The second kappa shape index (κ2) is 5.07. The van der Waals surface area contributed by atoms with Crippen molar-refractivity contribution >= 4 is 15.9 Å². The standard InChI is InChI=1S/C10H16N4O3S/c1-2-8-11-6-10(14-8)18(16,17)12-5-7-3-4-9(15)13-7/h6-7,12H,2-5H2,1H3,(H,11,14)(H,13,15). The van der Waals surface area contributed by atoms with Crippen molar-refractivity contribution in [3.05, 3.63) is 12.0 Å². The molecule has 1 fully saturated rings. The van der Waals surface area contributed by atoms with E-state index in [1.54, 1.807) is 0 Å². The SMILES string of the molecule is CCc1ncc(S(=O)(=O)NCC2CCC(=O)N2)[nH]1. The Balaban J connectivity index is 1.97. The van der Waals surface area contributed by atoms with Gasteiger partial charge in [-0.1, -0.05) is 6.92 Å². The van der Waals surface area contributed by atoms with Gasteiger partial charge in [-0.05, 0) is 6.42 Å². The zero-order chi connectivity index (χ0) is 13.2. The number of sulfonamides is 1. The van der Waals surface area contributed by atoms with Crippen molar-refractivity contribution < 1.29 is 13.2 Å². The van der Waals surface area contributed by atoms with E-state index in [-0.39, 0.29) is 23.5 Å². The minimum Gasteiger partial charge on any atom is -0.352 e. The molecule has 7 nitrogen and oxygen atoms in total. The largest absolute Gasteiger partial charge is 0.352 e. The van der Waals surface area contributed by atoms with Crippen LogP contribution in [0.4, 0.5) is 0 Å². The van der Waals surface area contributed by atoms with Crippen molar-refractivity contribution in [2.24, 2.45) is 0 Å². The van der Waals surface area contributed by atoms with E-state index in [4.69, 9.17) is 0 Å². The van der Waals surface area contributed by atoms with Crippen LogP contribution in [0.15, 0.2) is 11.2 Å². The average Bonchev–Trinajstić information content (AvgIpc) is 2.95. The highest BCUT2D eigenvalue weighted by atomic mass is 32.2. The molecule has 3 N–H and O–H groups in total. The summed E-state index contributed by atoms with van der Waals surface area (Å²) in [5.41, 5.74) is 0. The number of hydrogen-bond acceptors (Lipinski definition) is 4. The van der Waals surface area contributed by atoms with E-state index in [2.05, 4.69) is 20.0 Å². The first kappa shape index (κ1) is 13.0. The molecule has 0 radical (unpaired) electrons. The van der Waals surface area contributed by atoms with Crippen LogP contribution in [0.5, 0.6) is 0 Å². The Morgan fingerprint density at radius 3 is 2.89 bits per heavy atom. The van der Waals surface area contributed by atoms with Crippen molar-refractivity contribution in [1.29, 1.82) is 0 Å². The number of carbonyl (C=O) groups is 1. The molecule has 2 heterocycles. The Labute approximate surface area is 105 Å². The van der Waals surface area contributed by atoms with Crippen LogP contribution in [0.2, 0.25) is 0 Å². The van der Waals surface area contributed by atoms with Gasteiger partial charge in [-0.3, -0.25) is 4.79 Å². The second-order valence-electron chi connectivity index (χ2n) is 4.20. The van der Waals surface area contributed by atoms with Gasteiger partial charge in [0, 0.05) is 25.4 Å². The van der Waals surface area contributed by atoms with E-state index in [0.29, 0.717) is 25.1 Å². The van der Waals surface area contributed by atoms with Gasteiger partial charge in [-0.25, -0.2) is 18.1 Å². The molecule has 0 aromatic carbocycles.